The number of hydrogen-bond acceptors (Lipinski definition) is 4. The highest BCUT2D eigenvalue weighted by molar-refractivity contribution is 5.86. The van der Waals surface area contributed by atoms with Crippen molar-refractivity contribution in [1.82, 2.24) is 10.6 Å². The molecule has 0 aliphatic carbocycles. The van der Waals surface area contributed by atoms with Gasteiger partial charge in [0.15, 0.2) is 0 Å². The van der Waals surface area contributed by atoms with E-state index in [0.717, 1.165) is 30.7 Å². The summed E-state index contributed by atoms with van der Waals surface area (Å²) >= 11 is 0. The van der Waals surface area contributed by atoms with Crippen molar-refractivity contribution in [3.8, 4) is 11.5 Å². The third-order valence-corrected chi connectivity index (χ3v) is 4.12. The number of benzene rings is 1. The van der Waals surface area contributed by atoms with Crippen molar-refractivity contribution in [2.24, 2.45) is 0 Å². The van der Waals surface area contributed by atoms with Crippen molar-refractivity contribution < 1.29 is 14.3 Å². The number of rotatable bonds is 5. The number of methoxy groups -OCH3 is 2. The fraction of sp³-hybridized carbons (Fsp3) is 0.562. The summed E-state index contributed by atoms with van der Waals surface area (Å²) in [6.07, 6.45) is 1.90. The highest BCUT2D eigenvalue weighted by atomic mass is 16.5. The van der Waals surface area contributed by atoms with Gasteiger partial charge in [-0.15, -0.1) is 0 Å². The summed E-state index contributed by atoms with van der Waals surface area (Å²) in [7, 11) is 3.24. The molecular formula is C16H24N2O3. The van der Waals surface area contributed by atoms with Crippen molar-refractivity contribution >= 4 is 5.91 Å². The molecule has 1 saturated heterocycles. The first kappa shape index (κ1) is 15.6. The Morgan fingerprint density at radius 2 is 2.14 bits per heavy atom. The molecule has 0 spiro atoms. The molecule has 1 aliphatic rings. The minimum absolute atomic E-state index is 0.0328. The molecule has 116 valence electrons. The third-order valence-electron chi connectivity index (χ3n) is 4.12. The molecule has 1 amide bonds. The number of ether oxygens (including phenoxy) is 2. The van der Waals surface area contributed by atoms with Crippen LogP contribution in [-0.4, -0.2) is 32.2 Å². The zero-order valence-electron chi connectivity index (χ0n) is 13.2. The smallest absolute Gasteiger partial charge is 0.240 e. The molecule has 2 unspecified atom stereocenters. The predicted molar refractivity (Wildman–Crippen MR) is 81.7 cm³/mol. The Balaban J connectivity index is 2.12. The molecule has 2 rings (SSSR count). The first-order valence-corrected chi connectivity index (χ1v) is 7.28. The van der Waals surface area contributed by atoms with Gasteiger partial charge < -0.3 is 20.1 Å². The van der Waals surface area contributed by atoms with E-state index < -0.39 is 5.54 Å². The van der Waals surface area contributed by atoms with Gasteiger partial charge >= 0.3 is 0 Å². The zero-order chi connectivity index (χ0) is 15.5. The lowest BCUT2D eigenvalue weighted by molar-refractivity contribution is -0.127. The van der Waals surface area contributed by atoms with Crippen molar-refractivity contribution in [3.05, 3.63) is 23.8 Å². The highest BCUT2D eigenvalue weighted by Gasteiger charge is 2.36. The second-order valence-corrected chi connectivity index (χ2v) is 5.67. The van der Waals surface area contributed by atoms with Crippen LogP contribution < -0.4 is 20.1 Å². The minimum Gasteiger partial charge on any atom is -0.497 e. The molecular weight excluding hydrogens is 268 g/mol. The van der Waals surface area contributed by atoms with Gasteiger partial charge in [0.25, 0.3) is 0 Å². The van der Waals surface area contributed by atoms with E-state index in [0.29, 0.717) is 5.75 Å². The Kier molecular flexibility index (Phi) is 4.73. The van der Waals surface area contributed by atoms with Crippen LogP contribution in [0.1, 0.15) is 38.3 Å². The van der Waals surface area contributed by atoms with E-state index in [-0.39, 0.29) is 11.9 Å². The number of carbonyl (C=O) groups excluding carboxylic acids is 1. The summed E-state index contributed by atoms with van der Waals surface area (Å²) in [5.41, 5.74) is 0.474. The molecule has 21 heavy (non-hydrogen) atoms. The first-order chi connectivity index (χ1) is 10.00. The molecule has 0 aromatic heterocycles. The summed E-state index contributed by atoms with van der Waals surface area (Å²) in [6, 6.07) is 5.49. The molecule has 1 aromatic carbocycles. The number of carbonyl (C=O) groups is 1. The van der Waals surface area contributed by atoms with Crippen LogP contribution in [0.25, 0.3) is 0 Å². The van der Waals surface area contributed by atoms with Crippen LogP contribution in [0.4, 0.5) is 0 Å². The van der Waals surface area contributed by atoms with Crippen LogP contribution in [0.15, 0.2) is 18.2 Å². The van der Waals surface area contributed by atoms with Gasteiger partial charge in [-0.25, -0.2) is 0 Å². The average molecular weight is 292 g/mol. The molecule has 5 nitrogen and oxygen atoms in total. The van der Waals surface area contributed by atoms with E-state index in [9.17, 15) is 4.79 Å². The molecule has 5 heteroatoms. The molecule has 0 saturated carbocycles. The lowest BCUT2D eigenvalue weighted by atomic mass is 9.98. The van der Waals surface area contributed by atoms with E-state index in [2.05, 4.69) is 10.6 Å². The molecule has 0 bridgehead atoms. The highest BCUT2D eigenvalue weighted by Crippen LogP contribution is 2.30. The van der Waals surface area contributed by atoms with Crippen LogP contribution in [0.3, 0.4) is 0 Å². The summed E-state index contributed by atoms with van der Waals surface area (Å²) in [5.74, 6) is 1.48. The zero-order valence-corrected chi connectivity index (χ0v) is 13.2. The molecule has 1 heterocycles. The quantitative estimate of drug-likeness (QED) is 0.872. The van der Waals surface area contributed by atoms with Gasteiger partial charge in [0, 0.05) is 11.6 Å². The Labute approximate surface area is 126 Å². The van der Waals surface area contributed by atoms with Gasteiger partial charge in [0.1, 0.15) is 11.5 Å². The van der Waals surface area contributed by atoms with E-state index in [1.807, 2.05) is 32.0 Å². The van der Waals surface area contributed by atoms with Crippen LogP contribution in [0.2, 0.25) is 0 Å². The van der Waals surface area contributed by atoms with E-state index in [1.165, 1.54) is 0 Å². The normalized spacial score (nSPS) is 22.7. The molecule has 1 fully saturated rings. The molecule has 2 N–H and O–H groups in total. The SMILES string of the molecule is COc1ccc(C(C)NC(=O)C2(C)CCCN2)c(OC)c1. The van der Waals surface area contributed by atoms with Gasteiger partial charge in [-0.05, 0) is 45.4 Å². The molecule has 1 aliphatic heterocycles. The van der Waals surface area contributed by atoms with Crippen LogP contribution in [0.5, 0.6) is 11.5 Å². The van der Waals surface area contributed by atoms with E-state index in [4.69, 9.17) is 9.47 Å². The van der Waals surface area contributed by atoms with Crippen molar-refractivity contribution in [2.45, 2.75) is 38.3 Å². The second-order valence-electron chi connectivity index (χ2n) is 5.67. The Hall–Kier alpha value is -1.75. The lowest BCUT2D eigenvalue weighted by Crippen LogP contribution is -2.51. The number of hydrogen-bond donors (Lipinski definition) is 2. The van der Waals surface area contributed by atoms with Crippen molar-refractivity contribution in [3.63, 3.8) is 0 Å². The predicted octanol–water partition coefficient (Wildman–Crippen LogP) is 2.02. The van der Waals surface area contributed by atoms with Crippen LogP contribution in [0, 0.1) is 0 Å². The maximum Gasteiger partial charge on any atom is 0.240 e. The van der Waals surface area contributed by atoms with Gasteiger partial charge in [0.05, 0.1) is 25.8 Å². The average Bonchev–Trinajstić information content (AvgIpc) is 2.94. The maximum absolute atomic E-state index is 12.4. The summed E-state index contributed by atoms with van der Waals surface area (Å²) < 4.78 is 10.6. The summed E-state index contributed by atoms with van der Waals surface area (Å²) in [5, 5.41) is 6.34. The molecule has 1 aromatic rings. The Bertz CT molecular complexity index is 510. The Morgan fingerprint density at radius 1 is 1.38 bits per heavy atom. The van der Waals surface area contributed by atoms with Crippen molar-refractivity contribution in [2.75, 3.05) is 20.8 Å². The van der Waals surface area contributed by atoms with Crippen LogP contribution in [-0.2, 0) is 4.79 Å². The minimum atomic E-state index is -0.464. The van der Waals surface area contributed by atoms with E-state index in [1.54, 1.807) is 14.2 Å². The summed E-state index contributed by atoms with van der Waals surface area (Å²) in [6.45, 7) is 4.80. The van der Waals surface area contributed by atoms with Crippen LogP contribution >= 0.6 is 0 Å². The molecule has 0 radical (unpaired) electrons. The topological polar surface area (TPSA) is 59.6 Å². The Morgan fingerprint density at radius 3 is 2.71 bits per heavy atom. The summed E-state index contributed by atoms with van der Waals surface area (Å²) in [4.78, 5) is 12.4. The fourth-order valence-electron chi connectivity index (χ4n) is 2.70. The van der Waals surface area contributed by atoms with Gasteiger partial charge in [-0.3, -0.25) is 4.79 Å². The lowest BCUT2D eigenvalue weighted by Gasteiger charge is -2.26. The monoisotopic (exact) mass is 292 g/mol. The van der Waals surface area contributed by atoms with Crippen molar-refractivity contribution in [1.29, 1.82) is 0 Å². The first-order valence-electron chi connectivity index (χ1n) is 7.28. The fourth-order valence-corrected chi connectivity index (χ4v) is 2.70. The number of amides is 1. The second kappa shape index (κ2) is 6.35. The van der Waals surface area contributed by atoms with Gasteiger partial charge in [0.2, 0.25) is 5.91 Å². The maximum atomic E-state index is 12.4. The van der Waals surface area contributed by atoms with E-state index >= 15 is 0 Å². The standard InChI is InChI=1S/C16H24N2O3/c1-11(18-15(19)16(2)8-5-9-17-16)13-7-6-12(20-3)10-14(13)21-4/h6-7,10-11,17H,5,8-9H2,1-4H3,(H,18,19). The largest absolute Gasteiger partial charge is 0.497 e. The van der Waals surface area contributed by atoms with Gasteiger partial charge in [-0.1, -0.05) is 0 Å². The molecule has 2 atom stereocenters. The third kappa shape index (κ3) is 3.29. The number of nitrogens with one attached hydrogen (secondary N) is 2. The van der Waals surface area contributed by atoms with Gasteiger partial charge in [-0.2, -0.15) is 0 Å².